The van der Waals surface area contributed by atoms with Crippen molar-refractivity contribution >= 4 is 6.08 Å². The van der Waals surface area contributed by atoms with Gasteiger partial charge in [-0.1, -0.05) is 68.3 Å². The van der Waals surface area contributed by atoms with Crippen LogP contribution < -0.4 is 0 Å². The number of rotatable bonds is 2. The molecule has 0 N–H and O–H groups in total. The molecule has 13 heavy (non-hydrogen) atoms. The normalized spacial score (nSPS) is 6.77. The van der Waals surface area contributed by atoms with Crippen molar-refractivity contribution in [3.63, 3.8) is 0 Å². The Balaban J connectivity index is 0. The fourth-order valence-electron chi connectivity index (χ4n) is 0.589. The molecule has 0 heterocycles. The maximum absolute atomic E-state index is 3.63. The molecule has 0 unspecified atom stereocenters. The predicted molar refractivity (Wildman–Crippen MR) is 56.9 cm³/mol. The third-order valence-corrected chi connectivity index (χ3v) is 1.20. The average molecular weight is 355 g/mol. The Labute approximate surface area is 96.2 Å². The summed E-state index contributed by atoms with van der Waals surface area (Å²) < 4.78 is 0. The fourth-order valence-corrected chi connectivity index (χ4v) is 0.589. The van der Waals surface area contributed by atoms with Crippen LogP contribution in [0.3, 0.4) is 0 Å². The third kappa shape index (κ3) is 9.09. The second-order valence-corrected chi connectivity index (χ2v) is 2.09. The molecule has 0 spiro atoms. The standard InChI is InChI=1S/C8H8.C4H6.Au/c1-2-8-6-4-3-5-7-8;1-3-4-2;/h2-7H,1H2;3-4H,1-2H2;. The van der Waals surface area contributed by atoms with E-state index in [1.165, 1.54) is 5.56 Å². The summed E-state index contributed by atoms with van der Waals surface area (Å²) in [6.45, 7) is 10.4. The van der Waals surface area contributed by atoms with E-state index >= 15 is 0 Å². The molecule has 0 saturated heterocycles. The van der Waals surface area contributed by atoms with Gasteiger partial charge >= 0.3 is 0 Å². The zero-order valence-electron chi connectivity index (χ0n) is 7.54. The molecule has 1 radical (unpaired) electrons. The molecule has 0 aromatic heterocycles. The first-order valence-corrected chi connectivity index (χ1v) is 3.76. The molecule has 1 aromatic rings. The van der Waals surface area contributed by atoms with Gasteiger partial charge in [0.05, 0.1) is 0 Å². The van der Waals surface area contributed by atoms with E-state index in [1.807, 2.05) is 36.4 Å². The molecular formula is C12H14Au. The van der Waals surface area contributed by atoms with Gasteiger partial charge < -0.3 is 0 Å². The summed E-state index contributed by atoms with van der Waals surface area (Å²) >= 11 is 0. The molecule has 1 heteroatoms. The summed E-state index contributed by atoms with van der Waals surface area (Å²) in [7, 11) is 0. The number of hydrogen-bond acceptors (Lipinski definition) is 0. The minimum Gasteiger partial charge on any atom is -0.0991 e. The van der Waals surface area contributed by atoms with Crippen molar-refractivity contribution in [3.8, 4) is 0 Å². The number of hydrogen-bond donors (Lipinski definition) is 0. The van der Waals surface area contributed by atoms with Crippen molar-refractivity contribution in [2.24, 2.45) is 0 Å². The van der Waals surface area contributed by atoms with Gasteiger partial charge in [0.1, 0.15) is 0 Å². The Bertz CT molecular complexity index is 231. The molecule has 0 aliphatic carbocycles. The largest absolute Gasteiger partial charge is 0.0991 e. The van der Waals surface area contributed by atoms with Gasteiger partial charge in [-0.05, 0) is 5.56 Å². The van der Waals surface area contributed by atoms with Gasteiger partial charge in [-0.25, -0.2) is 0 Å². The first-order valence-electron chi connectivity index (χ1n) is 3.76. The van der Waals surface area contributed by atoms with Gasteiger partial charge in [-0.2, -0.15) is 0 Å². The van der Waals surface area contributed by atoms with E-state index in [0.29, 0.717) is 0 Å². The molecule has 0 bridgehead atoms. The summed E-state index contributed by atoms with van der Waals surface area (Å²) in [5.41, 5.74) is 1.17. The van der Waals surface area contributed by atoms with E-state index in [0.717, 1.165) is 0 Å². The van der Waals surface area contributed by atoms with Crippen LogP contribution in [0.4, 0.5) is 0 Å². The van der Waals surface area contributed by atoms with Crippen molar-refractivity contribution < 1.29 is 22.4 Å². The number of allylic oxidation sites excluding steroid dienone is 2. The monoisotopic (exact) mass is 355 g/mol. The van der Waals surface area contributed by atoms with E-state index in [-0.39, 0.29) is 22.4 Å². The van der Waals surface area contributed by atoms with Gasteiger partial charge in [0.2, 0.25) is 0 Å². The quantitative estimate of drug-likeness (QED) is 0.561. The average Bonchev–Trinajstić information content (AvgIpc) is 2.19. The summed E-state index contributed by atoms with van der Waals surface area (Å²) in [4.78, 5) is 0. The molecule has 0 aliphatic heterocycles. The van der Waals surface area contributed by atoms with Crippen molar-refractivity contribution in [1.29, 1.82) is 0 Å². The summed E-state index contributed by atoms with van der Waals surface area (Å²) in [6, 6.07) is 10.0. The van der Waals surface area contributed by atoms with Crippen LogP contribution in [0.5, 0.6) is 0 Å². The molecule has 0 saturated carbocycles. The molecule has 1 rings (SSSR count). The van der Waals surface area contributed by atoms with Crippen LogP contribution in [-0.2, 0) is 22.4 Å². The Morgan fingerprint density at radius 2 is 1.31 bits per heavy atom. The van der Waals surface area contributed by atoms with Gasteiger partial charge in [-0.15, -0.1) is 0 Å². The maximum Gasteiger partial charge on any atom is 0 e. The maximum atomic E-state index is 3.63. The Morgan fingerprint density at radius 3 is 1.54 bits per heavy atom. The van der Waals surface area contributed by atoms with Crippen molar-refractivity contribution in [2.75, 3.05) is 0 Å². The van der Waals surface area contributed by atoms with Crippen LogP contribution >= 0.6 is 0 Å². The topological polar surface area (TPSA) is 0 Å². The predicted octanol–water partition coefficient (Wildman–Crippen LogP) is 3.69. The Morgan fingerprint density at radius 1 is 0.846 bits per heavy atom. The molecule has 0 aliphatic rings. The van der Waals surface area contributed by atoms with Crippen molar-refractivity contribution in [2.45, 2.75) is 0 Å². The summed E-state index contributed by atoms with van der Waals surface area (Å²) in [5.74, 6) is 0. The number of benzene rings is 1. The summed E-state index contributed by atoms with van der Waals surface area (Å²) in [6.07, 6.45) is 5.11. The first-order chi connectivity index (χ1) is 5.85. The molecule has 0 atom stereocenters. The van der Waals surface area contributed by atoms with E-state index in [9.17, 15) is 0 Å². The van der Waals surface area contributed by atoms with Crippen LogP contribution in [0.1, 0.15) is 5.56 Å². The van der Waals surface area contributed by atoms with Gasteiger partial charge in [-0.3, -0.25) is 0 Å². The van der Waals surface area contributed by atoms with Gasteiger partial charge in [0.15, 0.2) is 0 Å². The van der Waals surface area contributed by atoms with Crippen LogP contribution in [-0.4, -0.2) is 0 Å². The molecule has 0 nitrogen and oxygen atoms in total. The van der Waals surface area contributed by atoms with Crippen molar-refractivity contribution in [1.82, 2.24) is 0 Å². The SMILES string of the molecule is C=CC=C.C=Cc1ccccc1.[Au]. The smallest absolute Gasteiger partial charge is 0 e. The van der Waals surface area contributed by atoms with Crippen LogP contribution in [0.15, 0.2) is 62.2 Å². The molecule has 0 amide bonds. The zero-order valence-corrected chi connectivity index (χ0v) is 9.71. The Kier molecular flexibility index (Phi) is 12.6. The Hall–Kier alpha value is -0.820. The molecular weight excluding hydrogens is 341 g/mol. The molecule has 1 aromatic carbocycles. The second kappa shape index (κ2) is 11.2. The van der Waals surface area contributed by atoms with E-state index in [4.69, 9.17) is 0 Å². The van der Waals surface area contributed by atoms with Gasteiger partial charge in [0, 0.05) is 22.4 Å². The molecule has 73 valence electrons. The fraction of sp³-hybridized carbons (Fsp3) is 0. The van der Waals surface area contributed by atoms with Crippen LogP contribution in [0.2, 0.25) is 0 Å². The first kappa shape index (κ1) is 14.7. The second-order valence-electron chi connectivity index (χ2n) is 2.09. The van der Waals surface area contributed by atoms with Crippen LogP contribution in [0.25, 0.3) is 6.08 Å². The zero-order chi connectivity index (χ0) is 9.23. The van der Waals surface area contributed by atoms with Crippen LogP contribution in [0, 0.1) is 0 Å². The minimum atomic E-state index is 0. The van der Waals surface area contributed by atoms with E-state index < -0.39 is 0 Å². The summed E-state index contributed by atoms with van der Waals surface area (Å²) in [5, 5.41) is 0. The third-order valence-electron chi connectivity index (χ3n) is 1.20. The van der Waals surface area contributed by atoms with Gasteiger partial charge in [0.25, 0.3) is 0 Å². The van der Waals surface area contributed by atoms with Crippen molar-refractivity contribution in [3.05, 3.63) is 67.8 Å². The van der Waals surface area contributed by atoms with E-state index in [1.54, 1.807) is 12.2 Å². The minimum absolute atomic E-state index is 0. The van der Waals surface area contributed by atoms with E-state index in [2.05, 4.69) is 19.7 Å². The molecule has 0 fully saturated rings.